The van der Waals surface area contributed by atoms with E-state index in [1.54, 1.807) is 11.3 Å². The predicted molar refractivity (Wildman–Crippen MR) is 90.9 cm³/mol. The second kappa shape index (κ2) is 5.07. The lowest BCUT2D eigenvalue weighted by Gasteiger charge is -2.16. The van der Waals surface area contributed by atoms with Gasteiger partial charge in [0, 0.05) is 10.9 Å². The van der Waals surface area contributed by atoms with E-state index in [2.05, 4.69) is 35.5 Å². The van der Waals surface area contributed by atoms with Crippen molar-refractivity contribution in [2.45, 2.75) is 13.3 Å². The number of benzene rings is 1. The number of amidine groups is 1. The molecule has 0 aliphatic carbocycles. The number of aliphatic imine (C=N–C) groups is 1. The minimum absolute atomic E-state index is 0.164. The highest BCUT2D eigenvalue weighted by Gasteiger charge is 2.27. The van der Waals surface area contributed by atoms with Gasteiger partial charge in [-0.25, -0.2) is 0 Å². The highest BCUT2D eigenvalue weighted by Crippen LogP contribution is 2.30. The Morgan fingerprint density at radius 2 is 2.23 bits per heavy atom. The second-order valence-electron chi connectivity index (χ2n) is 5.35. The van der Waals surface area contributed by atoms with Gasteiger partial charge in [-0.1, -0.05) is 24.3 Å². The van der Waals surface area contributed by atoms with E-state index in [1.807, 2.05) is 35.4 Å². The Morgan fingerprint density at radius 1 is 1.32 bits per heavy atom. The van der Waals surface area contributed by atoms with E-state index in [0.29, 0.717) is 11.5 Å². The van der Waals surface area contributed by atoms with Gasteiger partial charge in [-0.3, -0.25) is 9.69 Å². The highest BCUT2D eigenvalue weighted by atomic mass is 32.1. The number of hydrogen-bond acceptors (Lipinski definition) is 3. The number of thiophene rings is 1. The van der Waals surface area contributed by atoms with E-state index in [9.17, 15) is 4.79 Å². The number of amides is 1. The van der Waals surface area contributed by atoms with Crippen molar-refractivity contribution >= 4 is 33.2 Å². The summed E-state index contributed by atoms with van der Waals surface area (Å²) in [7, 11) is 0. The van der Waals surface area contributed by atoms with Gasteiger partial charge in [-0.05, 0) is 53.5 Å². The van der Waals surface area contributed by atoms with Crippen molar-refractivity contribution in [3.63, 3.8) is 0 Å². The summed E-state index contributed by atoms with van der Waals surface area (Å²) in [6, 6.07) is 6.36. The second-order valence-corrected chi connectivity index (χ2v) is 6.26. The van der Waals surface area contributed by atoms with Gasteiger partial charge in [0.15, 0.2) is 0 Å². The number of fused-ring (bicyclic) bond motifs is 2. The van der Waals surface area contributed by atoms with Crippen LogP contribution >= 0.6 is 11.3 Å². The van der Waals surface area contributed by atoms with Crippen molar-refractivity contribution < 1.29 is 4.79 Å². The predicted octanol–water partition coefficient (Wildman–Crippen LogP) is 3.96. The summed E-state index contributed by atoms with van der Waals surface area (Å²) in [5.74, 6) is 0.535. The Morgan fingerprint density at radius 3 is 3.14 bits per heavy atom. The van der Waals surface area contributed by atoms with Crippen LogP contribution in [0.4, 0.5) is 0 Å². The SMILES string of the molecule is Cc1cccc2scc(C/C=C3/C(=O)N=C4C=CC=CN43)c12. The average Bonchev–Trinajstić information content (AvgIpc) is 3.06. The summed E-state index contributed by atoms with van der Waals surface area (Å²) >= 11 is 1.75. The fraction of sp³-hybridized carbons (Fsp3) is 0.111. The molecule has 2 aliphatic rings. The van der Waals surface area contributed by atoms with E-state index < -0.39 is 0 Å². The quantitative estimate of drug-likeness (QED) is 0.787. The first-order chi connectivity index (χ1) is 10.7. The van der Waals surface area contributed by atoms with Crippen molar-refractivity contribution in [1.29, 1.82) is 0 Å². The summed E-state index contributed by atoms with van der Waals surface area (Å²) in [5.41, 5.74) is 3.19. The standard InChI is InChI=1S/C18H14N2OS/c1-12-5-4-6-15-17(12)13(11-22-15)8-9-14-18(21)19-16-7-2-3-10-20(14)16/h2-7,9-11H,8H2,1H3/b14-9-. The van der Waals surface area contributed by atoms with Crippen LogP contribution in [0.5, 0.6) is 0 Å². The van der Waals surface area contributed by atoms with Gasteiger partial charge in [0.2, 0.25) is 0 Å². The molecule has 2 aromatic rings. The van der Waals surface area contributed by atoms with Crippen LogP contribution in [0.15, 0.2) is 64.8 Å². The molecule has 3 heterocycles. The third-order valence-corrected chi connectivity index (χ3v) is 4.93. The molecule has 0 saturated heterocycles. The molecule has 0 spiro atoms. The Bertz CT molecular complexity index is 899. The maximum Gasteiger partial charge on any atom is 0.295 e. The molecule has 4 rings (SSSR count). The normalized spacial score (nSPS) is 18.4. The van der Waals surface area contributed by atoms with Gasteiger partial charge in [-0.15, -0.1) is 11.3 Å². The van der Waals surface area contributed by atoms with Crippen LogP contribution in [0.3, 0.4) is 0 Å². The van der Waals surface area contributed by atoms with E-state index in [4.69, 9.17) is 0 Å². The number of hydrogen-bond donors (Lipinski definition) is 0. The summed E-state index contributed by atoms with van der Waals surface area (Å²) in [6.07, 6.45) is 10.3. The zero-order chi connectivity index (χ0) is 15.1. The van der Waals surface area contributed by atoms with Crippen LogP contribution in [0.1, 0.15) is 11.1 Å². The Balaban J connectivity index is 1.68. The van der Waals surface area contributed by atoms with Crippen LogP contribution in [0.2, 0.25) is 0 Å². The average molecular weight is 306 g/mol. The van der Waals surface area contributed by atoms with Gasteiger partial charge in [0.1, 0.15) is 11.5 Å². The number of carbonyl (C=O) groups is 1. The largest absolute Gasteiger partial charge is 0.297 e. The Hall–Kier alpha value is -2.46. The van der Waals surface area contributed by atoms with E-state index >= 15 is 0 Å². The van der Waals surface area contributed by atoms with Crippen LogP contribution in [0.25, 0.3) is 10.1 Å². The maximum absolute atomic E-state index is 12.1. The molecule has 2 aliphatic heterocycles. The van der Waals surface area contributed by atoms with Crippen LogP contribution in [-0.2, 0) is 11.2 Å². The Kier molecular flexibility index (Phi) is 3.05. The van der Waals surface area contributed by atoms with Crippen molar-refractivity contribution in [3.8, 4) is 0 Å². The highest BCUT2D eigenvalue weighted by molar-refractivity contribution is 7.17. The third kappa shape index (κ3) is 2.04. The Labute approximate surface area is 132 Å². The minimum atomic E-state index is -0.164. The summed E-state index contributed by atoms with van der Waals surface area (Å²) in [6.45, 7) is 2.13. The molecule has 1 aromatic carbocycles. The monoisotopic (exact) mass is 306 g/mol. The molecule has 0 saturated carbocycles. The zero-order valence-corrected chi connectivity index (χ0v) is 12.9. The molecular weight excluding hydrogens is 292 g/mol. The molecule has 0 unspecified atom stereocenters. The number of aryl methyl sites for hydroxylation is 1. The molecule has 4 heteroatoms. The molecule has 3 nitrogen and oxygen atoms in total. The van der Waals surface area contributed by atoms with Crippen LogP contribution < -0.4 is 0 Å². The van der Waals surface area contributed by atoms with Crippen LogP contribution in [0, 0.1) is 6.92 Å². The molecule has 108 valence electrons. The molecular formula is C18H14N2OS. The van der Waals surface area contributed by atoms with Gasteiger partial charge in [-0.2, -0.15) is 4.99 Å². The number of carbonyl (C=O) groups excluding carboxylic acids is 1. The molecule has 0 bridgehead atoms. The molecule has 0 fully saturated rings. The molecule has 0 atom stereocenters. The molecule has 22 heavy (non-hydrogen) atoms. The van der Waals surface area contributed by atoms with E-state index in [-0.39, 0.29) is 5.91 Å². The van der Waals surface area contributed by atoms with Gasteiger partial charge in [0.25, 0.3) is 5.91 Å². The first-order valence-corrected chi connectivity index (χ1v) is 8.05. The fourth-order valence-electron chi connectivity index (χ4n) is 2.88. The number of allylic oxidation sites excluding steroid dienone is 3. The molecule has 0 N–H and O–H groups in total. The zero-order valence-electron chi connectivity index (χ0n) is 12.1. The minimum Gasteiger partial charge on any atom is -0.297 e. The summed E-state index contributed by atoms with van der Waals surface area (Å²) in [4.78, 5) is 18.0. The first kappa shape index (κ1) is 13.2. The fourth-order valence-corrected chi connectivity index (χ4v) is 3.93. The molecule has 1 aromatic heterocycles. The number of nitrogens with zero attached hydrogens (tertiary/aromatic N) is 2. The van der Waals surface area contributed by atoms with Crippen molar-refractivity contribution in [2.24, 2.45) is 4.99 Å². The summed E-state index contributed by atoms with van der Waals surface area (Å²) in [5, 5.41) is 3.49. The van der Waals surface area contributed by atoms with E-state index in [1.165, 1.54) is 21.2 Å². The lowest BCUT2D eigenvalue weighted by molar-refractivity contribution is -0.114. The maximum atomic E-state index is 12.1. The number of rotatable bonds is 2. The molecule has 1 amide bonds. The van der Waals surface area contributed by atoms with Crippen molar-refractivity contribution in [3.05, 3.63) is 70.9 Å². The smallest absolute Gasteiger partial charge is 0.295 e. The van der Waals surface area contributed by atoms with Crippen molar-refractivity contribution in [2.75, 3.05) is 0 Å². The van der Waals surface area contributed by atoms with Gasteiger partial charge >= 0.3 is 0 Å². The topological polar surface area (TPSA) is 32.7 Å². The first-order valence-electron chi connectivity index (χ1n) is 7.17. The summed E-state index contributed by atoms with van der Waals surface area (Å²) < 4.78 is 1.30. The lowest BCUT2D eigenvalue weighted by atomic mass is 10.0. The van der Waals surface area contributed by atoms with Gasteiger partial charge < -0.3 is 0 Å². The van der Waals surface area contributed by atoms with Crippen molar-refractivity contribution in [1.82, 2.24) is 4.90 Å². The van der Waals surface area contributed by atoms with E-state index in [0.717, 1.165) is 6.42 Å². The molecule has 0 radical (unpaired) electrons. The van der Waals surface area contributed by atoms with Crippen LogP contribution in [-0.4, -0.2) is 16.6 Å². The third-order valence-electron chi connectivity index (χ3n) is 3.93. The van der Waals surface area contributed by atoms with Gasteiger partial charge in [0.05, 0.1) is 0 Å². The lowest BCUT2D eigenvalue weighted by Crippen LogP contribution is -2.20.